The number of benzene rings is 2. The lowest BCUT2D eigenvalue weighted by Gasteiger charge is -2.14. The summed E-state index contributed by atoms with van der Waals surface area (Å²) in [6, 6.07) is 10.2. The zero-order valence-corrected chi connectivity index (χ0v) is 16.4. The van der Waals surface area contributed by atoms with Crippen LogP contribution in [-0.4, -0.2) is 30.4 Å². The van der Waals surface area contributed by atoms with Crippen molar-refractivity contribution in [2.45, 2.75) is 13.0 Å². The highest BCUT2D eigenvalue weighted by molar-refractivity contribution is 9.10. The first kappa shape index (κ1) is 20.9. The van der Waals surface area contributed by atoms with Gasteiger partial charge in [-0.2, -0.15) is 0 Å². The molecule has 2 rings (SSSR count). The van der Waals surface area contributed by atoms with Gasteiger partial charge in [0, 0.05) is 15.7 Å². The van der Waals surface area contributed by atoms with E-state index in [0.717, 1.165) is 10.5 Å². The molecule has 1 atom stereocenters. The van der Waals surface area contributed by atoms with Crippen LogP contribution < -0.4 is 10.6 Å². The minimum absolute atomic E-state index is 0.145. The fraction of sp³-hybridized carbons (Fsp3) is 0.167. The molecule has 1 unspecified atom stereocenters. The predicted octanol–water partition coefficient (Wildman–Crippen LogP) is 3.54. The lowest BCUT2D eigenvalue weighted by Crippen LogP contribution is -2.35. The summed E-state index contributed by atoms with van der Waals surface area (Å²) in [5.41, 5.74) is 0.642. The van der Waals surface area contributed by atoms with E-state index in [0.29, 0.717) is 5.56 Å². The standard InChI is InChI=1S/C18H15BrClFN2O4/c1-10(17(25)23-13-6-7-15(21)14(20)8-13)27-16(24)9-22-18(26)11-2-4-12(19)5-3-11/h2-8,10H,9H2,1H3,(H,22,26)(H,23,25). The van der Waals surface area contributed by atoms with E-state index in [-0.39, 0.29) is 10.7 Å². The smallest absolute Gasteiger partial charge is 0.326 e. The van der Waals surface area contributed by atoms with Crippen LogP contribution in [0.2, 0.25) is 5.02 Å². The monoisotopic (exact) mass is 456 g/mol. The number of esters is 1. The summed E-state index contributed by atoms with van der Waals surface area (Å²) in [4.78, 5) is 35.7. The Morgan fingerprint density at radius 1 is 1.19 bits per heavy atom. The number of amides is 2. The van der Waals surface area contributed by atoms with Crippen molar-refractivity contribution >= 4 is 51.0 Å². The van der Waals surface area contributed by atoms with Crippen LogP contribution >= 0.6 is 27.5 Å². The van der Waals surface area contributed by atoms with Crippen LogP contribution in [0.1, 0.15) is 17.3 Å². The fourth-order valence-corrected chi connectivity index (χ4v) is 2.41. The molecular weight excluding hydrogens is 443 g/mol. The first-order chi connectivity index (χ1) is 12.8. The Balaban J connectivity index is 1.81. The molecule has 2 amide bonds. The molecule has 6 nitrogen and oxygen atoms in total. The van der Waals surface area contributed by atoms with Crippen LogP contribution in [0.4, 0.5) is 10.1 Å². The van der Waals surface area contributed by atoms with Crippen molar-refractivity contribution in [1.82, 2.24) is 5.32 Å². The quantitative estimate of drug-likeness (QED) is 0.650. The van der Waals surface area contributed by atoms with Crippen molar-refractivity contribution in [3.05, 3.63) is 63.3 Å². The second-order valence-electron chi connectivity index (χ2n) is 5.44. The summed E-state index contributed by atoms with van der Waals surface area (Å²) < 4.78 is 18.9. The molecule has 2 aromatic rings. The molecule has 2 N–H and O–H groups in total. The summed E-state index contributed by atoms with van der Waals surface area (Å²) in [5.74, 6) is -2.46. The van der Waals surface area contributed by atoms with Crippen molar-refractivity contribution in [2.24, 2.45) is 0 Å². The number of ether oxygens (including phenoxy) is 1. The Morgan fingerprint density at radius 3 is 2.48 bits per heavy atom. The number of hydrogen-bond acceptors (Lipinski definition) is 4. The SMILES string of the molecule is CC(OC(=O)CNC(=O)c1ccc(Br)cc1)C(=O)Nc1ccc(F)c(Cl)c1. The third-order valence-electron chi connectivity index (χ3n) is 3.36. The van der Waals surface area contributed by atoms with E-state index >= 15 is 0 Å². The predicted molar refractivity (Wildman–Crippen MR) is 102 cm³/mol. The normalized spacial score (nSPS) is 11.4. The molecule has 142 valence electrons. The molecule has 0 heterocycles. The van der Waals surface area contributed by atoms with E-state index in [2.05, 4.69) is 26.6 Å². The Bertz CT molecular complexity index is 861. The summed E-state index contributed by atoms with van der Waals surface area (Å²) in [6.45, 7) is 0.976. The van der Waals surface area contributed by atoms with Crippen LogP contribution in [0.5, 0.6) is 0 Å². The first-order valence-electron chi connectivity index (χ1n) is 7.75. The maximum atomic E-state index is 13.1. The van der Waals surface area contributed by atoms with Gasteiger partial charge in [-0.1, -0.05) is 27.5 Å². The molecule has 0 aliphatic rings. The summed E-state index contributed by atoms with van der Waals surface area (Å²) in [5, 5.41) is 4.71. The van der Waals surface area contributed by atoms with Crippen LogP contribution in [-0.2, 0) is 14.3 Å². The Labute approximate surface area is 168 Å². The van der Waals surface area contributed by atoms with Gasteiger partial charge < -0.3 is 15.4 Å². The molecule has 0 aliphatic heterocycles. The molecule has 0 saturated carbocycles. The van der Waals surface area contributed by atoms with E-state index in [4.69, 9.17) is 16.3 Å². The second kappa shape index (κ2) is 9.48. The van der Waals surface area contributed by atoms with Gasteiger partial charge in [0.2, 0.25) is 0 Å². The number of carbonyl (C=O) groups is 3. The zero-order chi connectivity index (χ0) is 20.0. The van der Waals surface area contributed by atoms with Crippen molar-refractivity contribution in [3.8, 4) is 0 Å². The third-order valence-corrected chi connectivity index (χ3v) is 4.18. The van der Waals surface area contributed by atoms with Crippen LogP contribution in [0, 0.1) is 5.82 Å². The van der Waals surface area contributed by atoms with E-state index in [1.165, 1.54) is 19.1 Å². The number of hydrogen-bond donors (Lipinski definition) is 2. The second-order valence-corrected chi connectivity index (χ2v) is 6.76. The minimum Gasteiger partial charge on any atom is -0.451 e. The molecule has 0 aliphatic carbocycles. The lowest BCUT2D eigenvalue weighted by atomic mass is 10.2. The van der Waals surface area contributed by atoms with Gasteiger partial charge in [-0.3, -0.25) is 14.4 Å². The molecular formula is C18H15BrClFN2O4. The van der Waals surface area contributed by atoms with Crippen LogP contribution in [0.3, 0.4) is 0 Å². The van der Waals surface area contributed by atoms with Crippen molar-refractivity contribution in [1.29, 1.82) is 0 Å². The molecule has 0 radical (unpaired) electrons. The molecule has 0 fully saturated rings. The van der Waals surface area contributed by atoms with Crippen molar-refractivity contribution in [3.63, 3.8) is 0 Å². The number of nitrogens with one attached hydrogen (secondary N) is 2. The summed E-state index contributed by atoms with van der Waals surface area (Å²) in [6.07, 6.45) is -1.12. The van der Waals surface area contributed by atoms with Gasteiger partial charge in [0.15, 0.2) is 6.10 Å². The average Bonchev–Trinajstić information content (AvgIpc) is 2.63. The molecule has 27 heavy (non-hydrogen) atoms. The third kappa shape index (κ3) is 6.33. The van der Waals surface area contributed by atoms with Crippen LogP contribution in [0.25, 0.3) is 0 Å². The van der Waals surface area contributed by atoms with Gasteiger partial charge in [-0.15, -0.1) is 0 Å². The summed E-state index contributed by atoms with van der Waals surface area (Å²) in [7, 11) is 0. The maximum absolute atomic E-state index is 13.1. The first-order valence-corrected chi connectivity index (χ1v) is 8.92. The largest absolute Gasteiger partial charge is 0.451 e. The van der Waals surface area contributed by atoms with Crippen molar-refractivity contribution < 1.29 is 23.5 Å². The number of carbonyl (C=O) groups excluding carboxylic acids is 3. The molecule has 0 saturated heterocycles. The highest BCUT2D eigenvalue weighted by Crippen LogP contribution is 2.19. The zero-order valence-electron chi connectivity index (χ0n) is 14.1. The number of anilines is 1. The maximum Gasteiger partial charge on any atom is 0.326 e. The van der Waals surface area contributed by atoms with Gasteiger partial charge in [-0.25, -0.2) is 4.39 Å². The molecule has 0 spiro atoms. The average molecular weight is 458 g/mol. The fourth-order valence-electron chi connectivity index (χ4n) is 1.97. The topological polar surface area (TPSA) is 84.5 Å². The summed E-state index contributed by atoms with van der Waals surface area (Å²) >= 11 is 8.90. The Hall–Kier alpha value is -2.45. The Kier molecular flexibility index (Phi) is 7.32. The molecule has 2 aromatic carbocycles. The van der Waals surface area contributed by atoms with Gasteiger partial charge in [0.25, 0.3) is 11.8 Å². The number of rotatable bonds is 6. The number of halogens is 3. The van der Waals surface area contributed by atoms with Crippen LogP contribution in [0.15, 0.2) is 46.9 Å². The van der Waals surface area contributed by atoms with E-state index in [9.17, 15) is 18.8 Å². The molecule has 0 bridgehead atoms. The molecule has 9 heteroatoms. The lowest BCUT2D eigenvalue weighted by molar-refractivity contribution is -0.152. The van der Waals surface area contributed by atoms with E-state index in [1.807, 2.05) is 0 Å². The highest BCUT2D eigenvalue weighted by Gasteiger charge is 2.19. The van der Waals surface area contributed by atoms with Crippen molar-refractivity contribution in [2.75, 3.05) is 11.9 Å². The van der Waals surface area contributed by atoms with E-state index in [1.54, 1.807) is 24.3 Å². The Morgan fingerprint density at radius 2 is 1.85 bits per heavy atom. The van der Waals surface area contributed by atoms with E-state index < -0.39 is 36.2 Å². The molecule has 0 aromatic heterocycles. The minimum atomic E-state index is -1.12. The highest BCUT2D eigenvalue weighted by atomic mass is 79.9. The van der Waals surface area contributed by atoms with Gasteiger partial charge in [0.05, 0.1) is 5.02 Å². The van der Waals surface area contributed by atoms with Gasteiger partial charge >= 0.3 is 5.97 Å². The van der Waals surface area contributed by atoms with Gasteiger partial charge in [0.1, 0.15) is 12.4 Å². The van der Waals surface area contributed by atoms with Gasteiger partial charge in [-0.05, 0) is 49.4 Å².